The molecule has 41 heavy (non-hydrogen) atoms. The van der Waals surface area contributed by atoms with Crippen molar-refractivity contribution in [2.75, 3.05) is 18.0 Å². The van der Waals surface area contributed by atoms with Crippen molar-refractivity contribution in [3.05, 3.63) is 104 Å². The van der Waals surface area contributed by atoms with Crippen molar-refractivity contribution in [2.45, 2.75) is 25.7 Å². The Kier molecular flexibility index (Phi) is 9.34. The summed E-state index contributed by atoms with van der Waals surface area (Å²) in [6, 6.07) is 18.0. The zero-order valence-electron chi connectivity index (χ0n) is 22.7. The molecule has 0 bridgehead atoms. The zero-order valence-corrected chi connectivity index (χ0v) is 25.7. The van der Waals surface area contributed by atoms with Crippen molar-refractivity contribution in [2.24, 2.45) is 5.10 Å². The van der Waals surface area contributed by atoms with E-state index in [1.807, 2.05) is 37.5 Å². The van der Waals surface area contributed by atoms with Gasteiger partial charge in [0.1, 0.15) is 12.3 Å². The van der Waals surface area contributed by atoms with E-state index >= 15 is 0 Å². The molecule has 1 amide bonds. The summed E-state index contributed by atoms with van der Waals surface area (Å²) in [6.45, 7) is 5.08. The van der Waals surface area contributed by atoms with Gasteiger partial charge in [-0.3, -0.25) is 9.10 Å². The van der Waals surface area contributed by atoms with Crippen LogP contribution in [0.25, 0.3) is 5.69 Å². The molecule has 214 valence electrons. The molecule has 3 aromatic carbocycles. The Morgan fingerprint density at radius 1 is 0.976 bits per heavy atom. The van der Waals surface area contributed by atoms with Crippen molar-refractivity contribution in [3.8, 4) is 11.4 Å². The molecule has 0 radical (unpaired) electrons. The molecule has 0 atom stereocenters. The first-order valence-corrected chi connectivity index (χ1v) is 14.9. The van der Waals surface area contributed by atoms with Gasteiger partial charge in [-0.1, -0.05) is 52.5 Å². The van der Waals surface area contributed by atoms with E-state index in [1.165, 1.54) is 37.6 Å². The van der Waals surface area contributed by atoms with Crippen LogP contribution in [0.15, 0.2) is 76.7 Å². The molecule has 0 fully saturated rings. The lowest BCUT2D eigenvalue weighted by Crippen LogP contribution is -2.39. The van der Waals surface area contributed by atoms with E-state index in [0.29, 0.717) is 10.0 Å². The number of benzene rings is 3. The minimum absolute atomic E-state index is 0.00901. The van der Waals surface area contributed by atoms with Crippen LogP contribution in [0, 0.1) is 20.8 Å². The number of hydrogen-bond donors (Lipinski definition) is 1. The van der Waals surface area contributed by atoms with E-state index in [2.05, 4.69) is 10.5 Å². The molecule has 0 unspecified atom stereocenters. The highest BCUT2D eigenvalue weighted by molar-refractivity contribution is 7.92. The normalized spacial score (nSPS) is 11.6. The van der Waals surface area contributed by atoms with E-state index in [1.54, 1.807) is 30.3 Å². The van der Waals surface area contributed by atoms with Gasteiger partial charge in [-0.2, -0.15) is 5.10 Å². The van der Waals surface area contributed by atoms with Crippen molar-refractivity contribution in [1.82, 2.24) is 9.99 Å². The van der Waals surface area contributed by atoms with Crippen LogP contribution in [-0.4, -0.2) is 38.8 Å². The molecule has 1 heterocycles. The summed E-state index contributed by atoms with van der Waals surface area (Å²) in [5, 5.41) is 5.38. The number of amides is 1. The molecule has 4 aromatic rings. The van der Waals surface area contributed by atoms with Crippen LogP contribution in [0.5, 0.6) is 5.75 Å². The lowest BCUT2D eigenvalue weighted by molar-refractivity contribution is -0.119. The molecule has 8 nitrogen and oxygen atoms in total. The number of carbonyl (C=O) groups is 1. The Bertz CT molecular complexity index is 1740. The van der Waals surface area contributed by atoms with Gasteiger partial charge in [0.15, 0.2) is 0 Å². The SMILES string of the molecule is COc1ccc(Cl)cc1N(CC(=O)N/N=C\c1cc(C)n(-c2ccc(Cl)cc2Cl)c1C)S(=O)(=O)c1ccc(C)cc1. The molecule has 0 saturated carbocycles. The molecular weight excluding hydrogens is 607 g/mol. The molecule has 1 N–H and O–H groups in total. The number of nitrogens with one attached hydrogen (secondary N) is 1. The minimum Gasteiger partial charge on any atom is -0.495 e. The Morgan fingerprint density at radius 2 is 1.63 bits per heavy atom. The third-order valence-electron chi connectivity index (χ3n) is 6.32. The number of aromatic nitrogens is 1. The number of carbonyl (C=O) groups excluding carboxylic acids is 1. The first kappa shape index (κ1) is 30.5. The highest BCUT2D eigenvalue weighted by atomic mass is 35.5. The second-order valence-electron chi connectivity index (χ2n) is 9.19. The van der Waals surface area contributed by atoms with Gasteiger partial charge in [0.2, 0.25) is 0 Å². The van der Waals surface area contributed by atoms with Gasteiger partial charge in [-0.15, -0.1) is 0 Å². The van der Waals surface area contributed by atoms with Crippen LogP contribution in [0.4, 0.5) is 5.69 Å². The highest BCUT2D eigenvalue weighted by Crippen LogP contribution is 2.35. The number of anilines is 1. The number of halogens is 3. The summed E-state index contributed by atoms with van der Waals surface area (Å²) in [5.74, 6) is -0.441. The third-order valence-corrected chi connectivity index (χ3v) is 8.87. The second-order valence-corrected chi connectivity index (χ2v) is 12.3. The maximum absolute atomic E-state index is 13.7. The predicted octanol–water partition coefficient (Wildman–Crippen LogP) is 6.72. The number of rotatable bonds is 9. The van der Waals surface area contributed by atoms with Gasteiger partial charge in [0, 0.05) is 27.0 Å². The summed E-state index contributed by atoms with van der Waals surface area (Å²) in [6.07, 6.45) is 1.49. The van der Waals surface area contributed by atoms with E-state index < -0.39 is 22.5 Å². The fourth-order valence-corrected chi connectivity index (χ4v) is 6.37. The van der Waals surface area contributed by atoms with Crippen LogP contribution in [0.2, 0.25) is 15.1 Å². The molecule has 4 rings (SSSR count). The number of sulfonamides is 1. The first-order valence-electron chi connectivity index (χ1n) is 12.3. The van der Waals surface area contributed by atoms with Crippen molar-refractivity contribution < 1.29 is 17.9 Å². The average Bonchev–Trinajstić information content (AvgIpc) is 3.20. The first-order chi connectivity index (χ1) is 19.4. The molecule has 0 saturated heterocycles. The minimum atomic E-state index is -4.18. The Hall–Kier alpha value is -3.50. The number of aryl methyl sites for hydroxylation is 2. The molecule has 1 aromatic heterocycles. The molecule has 12 heteroatoms. The van der Waals surface area contributed by atoms with Crippen LogP contribution < -0.4 is 14.5 Å². The van der Waals surface area contributed by atoms with E-state index in [-0.39, 0.29) is 21.4 Å². The lowest BCUT2D eigenvalue weighted by atomic mass is 10.2. The monoisotopic (exact) mass is 632 g/mol. The fourth-order valence-electron chi connectivity index (χ4n) is 4.29. The number of methoxy groups -OCH3 is 1. The predicted molar refractivity (Wildman–Crippen MR) is 165 cm³/mol. The van der Waals surface area contributed by atoms with Crippen molar-refractivity contribution in [1.29, 1.82) is 0 Å². The molecule has 0 spiro atoms. The highest BCUT2D eigenvalue weighted by Gasteiger charge is 2.29. The maximum Gasteiger partial charge on any atom is 0.264 e. The van der Waals surface area contributed by atoms with Crippen LogP contribution >= 0.6 is 34.8 Å². The Morgan fingerprint density at radius 3 is 2.29 bits per heavy atom. The topological polar surface area (TPSA) is 93.0 Å². The number of nitrogens with zero attached hydrogens (tertiary/aromatic N) is 3. The van der Waals surface area contributed by atoms with Gasteiger partial charge in [0.25, 0.3) is 15.9 Å². The molecule has 0 aliphatic carbocycles. The number of ether oxygens (including phenoxy) is 1. The molecular formula is C29H27Cl3N4O4S. The third kappa shape index (κ3) is 6.70. The van der Waals surface area contributed by atoms with E-state index in [0.717, 1.165) is 32.5 Å². The Balaban J connectivity index is 1.61. The number of hydrogen-bond acceptors (Lipinski definition) is 5. The number of hydrazone groups is 1. The summed E-state index contributed by atoms with van der Waals surface area (Å²) in [4.78, 5) is 13.1. The van der Waals surface area contributed by atoms with Gasteiger partial charge in [-0.05, 0) is 75.4 Å². The van der Waals surface area contributed by atoms with Crippen LogP contribution in [0.3, 0.4) is 0 Å². The van der Waals surface area contributed by atoms with E-state index in [4.69, 9.17) is 39.5 Å². The van der Waals surface area contributed by atoms with Gasteiger partial charge in [-0.25, -0.2) is 13.8 Å². The van der Waals surface area contributed by atoms with Crippen LogP contribution in [0.1, 0.15) is 22.5 Å². The second kappa shape index (κ2) is 12.6. The summed E-state index contributed by atoms with van der Waals surface area (Å²) >= 11 is 18.7. The smallest absolute Gasteiger partial charge is 0.264 e. The quantitative estimate of drug-likeness (QED) is 0.164. The lowest BCUT2D eigenvalue weighted by Gasteiger charge is -2.25. The summed E-state index contributed by atoms with van der Waals surface area (Å²) in [7, 11) is -2.78. The average molecular weight is 634 g/mol. The summed E-state index contributed by atoms with van der Waals surface area (Å²) < 4.78 is 35.7. The molecule has 0 aliphatic rings. The van der Waals surface area contributed by atoms with Gasteiger partial charge in [0.05, 0.1) is 34.6 Å². The summed E-state index contributed by atoms with van der Waals surface area (Å²) in [5.41, 5.74) is 6.64. The van der Waals surface area contributed by atoms with Crippen molar-refractivity contribution in [3.63, 3.8) is 0 Å². The van der Waals surface area contributed by atoms with Crippen LogP contribution in [-0.2, 0) is 14.8 Å². The molecule has 0 aliphatic heterocycles. The van der Waals surface area contributed by atoms with Gasteiger partial charge >= 0.3 is 0 Å². The van der Waals surface area contributed by atoms with Gasteiger partial charge < -0.3 is 9.30 Å². The van der Waals surface area contributed by atoms with Crippen molar-refractivity contribution >= 4 is 62.6 Å². The largest absolute Gasteiger partial charge is 0.495 e. The Labute approximate surface area is 254 Å². The van der Waals surface area contributed by atoms with E-state index in [9.17, 15) is 13.2 Å². The fraction of sp³-hybridized carbons (Fsp3) is 0.172. The standard InChI is InChI=1S/C29H27Cl3N4O4S/c1-18-5-9-24(10-6-18)41(38,39)35(27-15-23(31)8-12-28(27)40-4)17-29(37)34-33-16-21-13-19(2)36(20(21)3)26-11-7-22(30)14-25(26)32/h5-16H,17H2,1-4H3,(H,34,37)/b33-16-. The maximum atomic E-state index is 13.7. The zero-order chi connectivity index (χ0) is 29.9.